The number of nitrogens with zero attached hydrogens (tertiary/aromatic N) is 2. The van der Waals surface area contributed by atoms with E-state index in [4.69, 9.17) is 4.52 Å². The molecule has 2 heterocycles. The maximum atomic E-state index is 13.5. The van der Waals surface area contributed by atoms with E-state index < -0.39 is 0 Å². The number of thioether (sulfide) groups is 1. The normalized spacial score (nSPS) is 17.9. The van der Waals surface area contributed by atoms with E-state index in [9.17, 15) is 9.18 Å². The first-order valence-electron chi connectivity index (χ1n) is 11.2. The van der Waals surface area contributed by atoms with E-state index in [1.165, 1.54) is 6.07 Å². The minimum Gasteiger partial charge on any atom is -0.360 e. The molecule has 2 N–H and O–H groups in total. The van der Waals surface area contributed by atoms with Crippen molar-refractivity contribution in [2.75, 3.05) is 13.6 Å². The highest BCUT2D eigenvalue weighted by molar-refractivity contribution is 7.98. The van der Waals surface area contributed by atoms with Crippen LogP contribution in [0, 0.1) is 12.7 Å². The van der Waals surface area contributed by atoms with Gasteiger partial charge in [-0.15, -0.1) is 11.8 Å². The van der Waals surface area contributed by atoms with E-state index in [-0.39, 0.29) is 23.8 Å². The molecule has 0 aliphatic carbocycles. The molecule has 33 heavy (non-hydrogen) atoms. The van der Waals surface area contributed by atoms with E-state index in [2.05, 4.69) is 16.0 Å². The minimum absolute atomic E-state index is 0.0157. The second-order valence-corrected chi connectivity index (χ2v) is 9.43. The van der Waals surface area contributed by atoms with Crippen LogP contribution in [0.2, 0.25) is 0 Å². The van der Waals surface area contributed by atoms with Crippen LogP contribution in [-0.4, -0.2) is 35.6 Å². The van der Waals surface area contributed by atoms with Crippen LogP contribution in [0.3, 0.4) is 0 Å². The summed E-state index contributed by atoms with van der Waals surface area (Å²) in [4.78, 5) is 15.8. The summed E-state index contributed by atoms with van der Waals surface area (Å²) >= 11 is 1.58. The molecular formula is C25H29FN4O2S. The molecule has 6 nitrogen and oxygen atoms in total. The van der Waals surface area contributed by atoms with Gasteiger partial charge in [-0.2, -0.15) is 0 Å². The lowest BCUT2D eigenvalue weighted by Gasteiger charge is -2.20. The van der Waals surface area contributed by atoms with Crippen molar-refractivity contribution in [3.63, 3.8) is 0 Å². The predicted molar refractivity (Wildman–Crippen MR) is 127 cm³/mol. The summed E-state index contributed by atoms with van der Waals surface area (Å²) in [6.45, 7) is 2.56. The SMILES string of the molecule is Cc1cc(CSc2ccccc2C(=O)N(C)CCCC2CC(c3cccc(F)c3)NN2)on1. The number of aromatic nitrogens is 1. The number of amides is 1. The number of carbonyl (C=O) groups is 1. The van der Waals surface area contributed by atoms with E-state index in [1.807, 2.05) is 50.4 Å². The van der Waals surface area contributed by atoms with E-state index in [1.54, 1.807) is 28.8 Å². The quantitative estimate of drug-likeness (QED) is 0.437. The Balaban J connectivity index is 1.26. The molecule has 2 aromatic carbocycles. The molecule has 0 radical (unpaired) electrons. The zero-order chi connectivity index (χ0) is 23.2. The predicted octanol–water partition coefficient (Wildman–Crippen LogP) is 4.87. The number of hydrogen-bond donors (Lipinski definition) is 2. The molecule has 1 aliphatic rings. The zero-order valence-electron chi connectivity index (χ0n) is 18.9. The molecule has 8 heteroatoms. The van der Waals surface area contributed by atoms with Crippen molar-refractivity contribution < 1.29 is 13.7 Å². The molecular weight excluding hydrogens is 439 g/mol. The number of hydrazine groups is 1. The number of rotatable bonds is 9. The Kier molecular flexibility index (Phi) is 7.80. The van der Waals surface area contributed by atoms with Gasteiger partial charge in [0, 0.05) is 36.6 Å². The number of benzene rings is 2. The standard InChI is InChI=1S/C25H29FN4O2S/c1-17-13-21(32-29-17)16-33-24-11-4-3-10-22(24)25(31)30(2)12-6-9-20-15-23(28-27-20)18-7-5-8-19(26)14-18/h3-5,7-8,10-11,13-14,20,23,27-28H,6,9,12,15-16H2,1-2H3. The van der Waals surface area contributed by atoms with Gasteiger partial charge in [-0.1, -0.05) is 29.4 Å². The number of carbonyl (C=O) groups excluding carboxylic acids is 1. The van der Waals surface area contributed by atoms with Gasteiger partial charge in [0.1, 0.15) is 11.6 Å². The summed E-state index contributed by atoms with van der Waals surface area (Å²) in [5.74, 6) is 1.22. The average molecular weight is 469 g/mol. The summed E-state index contributed by atoms with van der Waals surface area (Å²) in [5, 5.41) is 3.92. The van der Waals surface area contributed by atoms with Crippen LogP contribution >= 0.6 is 11.8 Å². The third-order valence-electron chi connectivity index (χ3n) is 5.79. The number of aryl methyl sites for hydroxylation is 1. The summed E-state index contributed by atoms with van der Waals surface area (Å²) in [6.07, 6.45) is 2.70. The highest BCUT2D eigenvalue weighted by atomic mass is 32.2. The minimum atomic E-state index is -0.215. The van der Waals surface area contributed by atoms with Gasteiger partial charge < -0.3 is 9.42 Å². The van der Waals surface area contributed by atoms with Crippen LogP contribution in [0.4, 0.5) is 4.39 Å². The lowest BCUT2D eigenvalue weighted by Crippen LogP contribution is -2.32. The fraction of sp³-hybridized carbons (Fsp3) is 0.360. The molecule has 1 aromatic heterocycles. The van der Waals surface area contributed by atoms with Crippen LogP contribution < -0.4 is 10.9 Å². The summed E-state index contributed by atoms with van der Waals surface area (Å²) in [7, 11) is 1.85. The Bertz CT molecular complexity index is 1090. The van der Waals surface area contributed by atoms with E-state index in [0.717, 1.165) is 41.2 Å². The van der Waals surface area contributed by atoms with Crippen molar-refractivity contribution in [1.29, 1.82) is 0 Å². The molecule has 0 bridgehead atoms. The second-order valence-electron chi connectivity index (χ2n) is 8.42. The average Bonchev–Trinajstić information content (AvgIpc) is 3.46. The van der Waals surface area contributed by atoms with Crippen molar-refractivity contribution in [3.8, 4) is 0 Å². The largest absolute Gasteiger partial charge is 0.360 e. The van der Waals surface area contributed by atoms with Crippen LogP contribution in [0.15, 0.2) is 64.0 Å². The zero-order valence-corrected chi connectivity index (χ0v) is 19.7. The molecule has 1 saturated heterocycles. The maximum absolute atomic E-state index is 13.5. The molecule has 2 atom stereocenters. The smallest absolute Gasteiger partial charge is 0.254 e. The van der Waals surface area contributed by atoms with Crippen LogP contribution in [0.25, 0.3) is 0 Å². The number of halogens is 1. The molecule has 1 amide bonds. The molecule has 1 fully saturated rings. The van der Waals surface area contributed by atoms with Crippen molar-refractivity contribution >= 4 is 17.7 Å². The van der Waals surface area contributed by atoms with Crippen molar-refractivity contribution in [1.82, 2.24) is 20.9 Å². The highest BCUT2D eigenvalue weighted by Crippen LogP contribution is 2.28. The van der Waals surface area contributed by atoms with Gasteiger partial charge in [-0.3, -0.25) is 15.6 Å². The first-order valence-corrected chi connectivity index (χ1v) is 12.1. The fourth-order valence-corrected chi connectivity index (χ4v) is 4.96. The van der Waals surface area contributed by atoms with E-state index in [0.29, 0.717) is 17.9 Å². The lowest BCUT2D eigenvalue weighted by atomic mass is 9.99. The van der Waals surface area contributed by atoms with Crippen molar-refractivity contribution in [3.05, 3.63) is 83.0 Å². The number of nitrogens with one attached hydrogen (secondary N) is 2. The van der Waals surface area contributed by atoms with Gasteiger partial charge >= 0.3 is 0 Å². The Morgan fingerprint density at radius 2 is 2.06 bits per heavy atom. The summed E-state index contributed by atoms with van der Waals surface area (Å²) < 4.78 is 18.8. The van der Waals surface area contributed by atoms with Crippen LogP contribution in [0.5, 0.6) is 0 Å². The highest BCUT2D eigenvalue weighted by Gasteiger charge is 2.25. The summed E-state index contributed by atoms with van der Waals surface area (Å²) in [6, 6.07) is 16.7. The first kappa shape index (κ1) is 23.5. The first-order chi connectivity index (χ1) is 16.0. The van der Waals surface area contributed by atoms with Gasteiger partial charge in [0.05, 0.1) is 17.0 Å². The fourth-order valence-electron chi connectivity index (χ4n) is 4.04. The lowest BCUT2D eigenvalue weighted by molar-refractivity contribution is 0.0788. The van der Waals surface area contributed by atoms with E-state index >= 15 is 0 Å². The van der Waals surface area contributed by atoms with Gasteiger partial charge in [0.2, 0.25) is 0 Å². The molecule has 0 spiro atoms. The van der Waals surface area contributed by atoms with Crippen LogP contribution in [-0.2, 0) is 5.75 Å². The molecule has 1 aliphatic heterocycles. The summed E-state index contributed by atoms with van der Waals surface area (Å²) in [5.41, 5.74) is 9.07. The van der Waals surface area contributed by atoms with Gasteiger partial charge in [0.25, 0.3) is 5.91 Å². The van der Waals surface area contributed by atoms with Gasteiger partial charge in [0.15, 0.2) is 0 Å². The topological polar surface area (TPSA) is 70.4 Å². The van der Waals surface area contributed by atoms with Crippen molar-refractivity contribution in [2.24, 2.45) is 0 Å². The molecule has 4 rings (SSSR count). The Labute approximate surface area is 197 Å². The van der Waals surface area contributed by atoms with Gasteiger partial charge in [-0.05, 0) is 56.0 Å². The van der Waals surface area contributed by atoms with Crippen molar-refractivity contribution in [2.45, 2.75) is 48.9 Å². The molecule has 0 saturated carbocycles. The molecule has 3 aromatic rings. The third-order valence-corrected chi connectivity index (χ3v) is 6.89. The Morgan fingerprint density at radius 3 is 2.85 bits per heavy atom. The molecule has 2 unspecified atom stereocenters. The maximum Gasteiger partial charge on any atom is 0.254 e. The second kappa shape index (κ2) is 11.0. The monoisotopic (exact) mass is 468 g/mol. The Morgan fingerprint density at radius 1 is 1.21 bits per heavy atom. The molecule has 174 valence electrons. The Hall–Kier alpha value is -2.68. The third kappa shape index (κ3) is 6.22. The van der Waals surface area contributed by atoms with Crippen LogP contribution in [0.1, 0.15) is 52.7 Å². The van der Waals surface area contributed by atoms with Gasteiger partial charge in [-0.25, -0.2) is 4.39 Å². The number of hydrogen-bond acceptors (Lipinski definition) is 6.